The lowest BCUT2D eigenvalue weighted by Crippen LogP contribution is -2.09. The molecule has 0 unspecified atom stereocenters. The van der Waals surface area contributed by atoms with Crippen LogP contribution in [-0.2, 0) is 20.2 Å². The molecule has 0 saturated heterocycles. The summed E-state index contributed by atoms with van der Waals surface area (Å²) in [5.74, 6) is -1.29. The summed E-state index contributed by atoms with van der Waals surface area (Å²) in [6, 6.07) is 3.80. The Balaban J connectivity index is 3.21. The number of phenolic OH excluding ortho intramolecular Hbond substituents is 2. The first-order valence-corrected chi connectivity index (χ1v) is 7.84. The second-order valence-electron chi connectivity index (χ2n) is 3.87. The molecule has 108 valence electrons. The Labute approximate surface area is 113 Å². The minimum atomic E-state index is -5.04. The van der Waals surface area contributed by atoms with Gasteiger partial charge in [-0.15, -0.1) is 0 Å². The van der Waals surface area contributed by atoms with Crippen molar-refractivity contribution in [1.29, 1.82) is 0 Å². The summed E-state index contributed by atoms with van der Waals surface area (Å²) in [6.45, 7) is 0. The fourth-order valence-electron chi connectivity index (χ4n) is 1.85. The van der Waals surface area contributed by atoms with Gasteiger partial charge in [0.15, 0.2) is 0 Å². The van der Waals surface area contributed by atoms with Gasteiger partial charge in [-0.2, -0.15) is 16.8 Å². The number of rotatable bonds is 2. The molecule has 2 aromatic rings. The highest BCUT2D eigenvalue weighted by Crippen LogP contribution is 2.40. The maximum atomic E-state index is 11.4. The van der Waals surface area contributed by atoms with Gasteiger partial charge in [-0.3, -0.25) is 9.11 Å². The van der Waals surface area contributed by atoms with Crippen LogP contribution in [0.3, 0.4) is 0 Å². The summed E-state index contributed by atoms with van der Waals surface area (Å²) < 4.78 is 63.2. The third-order valence-corrected chi connectivity index (χ3v) is 4.53. The van der Waals surface area contributed by atoms with Crippen LogP contribution < -0.4 is 0 Å². The Morgan fingerprint density at radius 3 is 1.95 bits per heavy atom. The molecule has 0 aliphatic carbocycles. The van der Waals surface area contributed by atoms with Crippen LogP contribution >= 0.6 is 0 Å². The number of hydrogen-bond donors (Lipinski definition) is 4. The highest BCUT2D eigenvalue weighted by molar-refractivity contribution is 7.89. The number of fused-ring (bicyclic) bond motifs is 1. The van der Waals surface area contributed by atoms with E-state index >= 15 is 0 Å². The number of aromatic hydroxyl groups is 2. The summed E-state index contributed by atoms with van der Waals surface area (Å²) in [5, 5.41) is 18.4. The van der Waals surface area contributed by atoms with E-state index in [1.54, 1.807) is 0 Å². The molecule has 10 heteroatoms. The second kappa shape index (κ2) is 4.31. The zero-order valence-corrected chi connectivity index (χ0v) is 11.2. The maximum absolute atomic E-state index is 11.4. The first-order valence-electron chi connectivity index (χ1n) is 4.96. The number of phenols is 2. The van der Waals surface area contributed by atoms with E-state index in [0.29, 0.717) is 6.07 Å². The van der Waals surface area contributed by atoms with Gasteiger partial charge in [0, 0.05) is 11.5 Å². The van der Waals surface area contributed by atoms with Crippen LogP contribution in [0, 0.1) is 0 Å². The van der Waals surface area contributed by atoms with Gasteiger partial charge < -0.3 is 10.2 Å². The maximum Gasteiger partial charge on any atom is 0.296 e. The van der Waals surface area contributed by atoms with Gasteiger partial charge in [-0.05, 0) is 6.07 Å². The van der Waals surface area contributed by atoms with E-state index in [0.717, 1.165) is 12.1 Å². The van der Waals surface area contributed by atoms with Crippen molar-refractivity contribution in [3.63, 3.8) is 0 Å². The smallest absolute Gasteiger partial charge is 0.296 e. The van der Waals surface area contributed by atoms with Gasteiger partial charge in [-0.1, -0.05) is 12.1 Å². The third-order valence-electron chi connectivity index (χ3n) is 2.57. The second-order valence-corrected chi connectivity index (χ2v) is 6.62. The Hall–Kier alpha value is -1.88. The fourth-order valence-corrected chi connectivity index (χ4v) is 3.85. The average Bonchev–Trinajstić information content (AvgIpc) is 2.25. The van der Waals surface area contributed by atoms with Crippen LogP contribution in [-0.4, -0.2) is 36.2 Å². The summed E-state index contributed by atoms with van der Waals surface area (Å²) >= 11 is 0. The highest BCUT2D eigenvalue weighted by atomic mass is 32.2. The van der Waals surface area contributed by atoms with Crippen LogP contribution in [0.1, 0.15) is 0 Å². The van der Waals surface area contributed by atoms with Crippen molar-refractivity contribution in [3.8, 4) is 11.5 Å². The van der Waals surface area contributed by atoms with Crippen LogP contribution in [0.2, 0.25) is 0 Å². The van der Waals surface area contributed by atoms with E-state index in [1.165, 1.54) is 6.07 Å². The molecule has 2 aromatic carbocycles. The van der Waals surface area contributed by atoms with Crippen molar-refractivity contribution in [2.45, 2.75) is 9.79 Å². The highest BCUT2D eigenvalue weighted by Gasteiger charge is 2.29. The molecular formula is C10H8O8S2. The lowest BCUT2D eigenvalue weighted by atomic mass is 10.1. The Kier molecular flexibility index (Phi) is 3.13. The molecule has 0 bridgehead atoms. The fraction of sp³-hybridized carbons (Fsp3) is 0. The normalized spacial score (nSPS) is 12.7. The van der Waals surface area contributed by atoms with Crippen molar-refractivity contribution in [2.24, 2.45) is 0 Å². The zero-order chi connectivity index (χ0) is 15.3. The summed E-state index contributed by atoms with van der Waals surface area (Å²) in [7, 11) is -10.1. The molecule has 0 amide bonds. The molecule has 0 spiro atoms. The minimum Gasteiger partial charge on any atom is -0.507 e. The molecule has 8 nitrogen and oxygen atoms in total. The molecule has 0 aliphatic rings. The van der Waals surface area contributed by atoms with Gasteiger partial charge in [0.05, 0.1) is 5.39 Å². The topological polar surface area (TPSA) is 149 Å². The Bertz CT molecular complexity index is 912. The Morgan fingerprint density at radius 2 is 1.45 bits per heavy atom. The van der Waals surface area contributed by atoms with Crippen molar-refractivity contribution in [3.05, 3.63) is 24.3 Å². The molecule has 0 aromatic heterocycles. The molecule has 0 saturated carbocycles. The van der Waals surface area contributed by atoms with Crippen molar-refractivity contribution in [2.75, 3.05) is 0 Å². The van der Waals surface area contributed by atoms with Crippen LogP contribution in [0.5, 0.6) is 11.5 Å². The molecule has 0 aliphatic heterocycles. The van der Waals surface area contributed by atoms with Crippen LogP contribution in [0.25, 0.3) is 10.8 Å². The SMILES string of the molecule is O=S(=O)(O)c1cc(O)c2c(O)cccc2c1S(=O)(=O)O. The summed E-state index contributed by atoms with van der Waals surface area (Å²) in [5.41, 5.74) is 0. The first kappa shape index (κ1) is 14.5. The van der Waals surface area contributed by atoms with E-state index < -0.39 is 46.9 Å². The summed E-state index contributed by atoms with van der Waals surface area (Å²) in [6.07, 6.45) is 0. The van der Waals surface area contributed by atoms with Crippen molar-refractivity contribution < 1.29 is 36.2 Å². The minimum absolute atomic E-state index is 0.368. The zero-order valence-electron chi connectivity index (χ0n) is 9.55. The molecule has 0 radical (unpaired) electrons. The molecule has 4 N–H and O–H groups in total. The van der Waals surface area contributed by atoms with Gasteiger partial charge in [0.25, 0.3) is 20.2 Å². The molecule has 0 atom stereocenters. The average molecular weight is 320 g/mol. The van der Waals surface area contributed by atoms with Crippen molar-refractivity contribution in [1.82, 2.24) is 0 Å². The third kappa shape index (κ3) is 2.29. The van der Waals surface area contributed by atoms with Gasteiger partial charge in [-0.25, -0.2) is 0 Å². The van der Waals surface area contributed by atoms with Gasteiger partial charge >= 0.3 is 0 Å². The van der Waals surface area contributed by atoms with Crippen LogP contribution in [0.15, 0.2) is 34.1 Å². The molecule has 2 rings (SSSR count). The standard InChI is InChI=1S/C10H8O8S2/c11-6-3-1-2-5-9(6)7(12)4-8(19(13,14)15)10(5)20(16,17)18/h1-4,11-12H,(H,13,14,15)(H,16,17,18). The van der Waals surface area contributed by atoms with Gasteiger partial charge in [0.2, 0.25) is 0 Å². The lowest BCUT2D eigenvalue weighted by Gasteiger charge is -2.11. The van der Waals surface area contributed by atoms with E-state index in [4.69, 9.17) is 9.11 Å². The number of hydrogen-bond acceptors (Lipinski definition) is 6. The molecule has 0 heterocycles. The van der Waals surface area contributed by atoms with E-state index in [1.807, 2.05) is 0 Å². The van der Waals surface area contributed by atoms with Gasteiger partial charge in [0.1, 0.15) is 21.3 Å². The predicted octanol–water partition coefficient (Wildman–Crippen LogP) is 0.744. The quantitative estimate of drug-likeness (QED) is 0.592. The predicted molar refractivity (Wildman–Crippen MR) is 66.9 cm³/mol. The van der Waals surface area contributed by atoms with E-state index in [9.17, 15) is 27.0 Å². The van der Waals surface area contributed by atoms with E-state index in [2.05, 4.69) is 0 Å². The number of benzene rings is 2. The Morgan fingerprint density at radius 1 is 0.850 bits per heavy atom. The molecule has 0 fully saturated rings. The molecule has 20 heavy (non-hydrogen) atoms. The lowest BCUT2D eigenvalue weighted by molar-refractivity contribution is 0.454. The van der Waals surface area contributed by atoms with Crippen molar-refractivity contribution >= 4 is 31.0 Å². The largest absolute Gasteiger partial charge is 0.507 e. The van der Waals surface area contributed by atoms with E-state index in [-0.39, 0.29) is 5.39 Å². The summed E-state index contributed by atoms with van der Waals surface area (Å²) in [4.78, 5) is -2.31. The monoisotopic (exact) mass is 320 g/mol. The first-order chi connectivity index (χ1) is 9.03. The van der Waals surface area contributed by atoms with Crippen LogP contribution in [0.4, 0.5) is 0 Å². The molecular weight excluding hydrogens is 312 g/mol.